The van der Waals surface area contributed by atoms with Gasteiger partial charge in [0.15, 0.2) is 5.69 Å². The molecule has 2 aromatic heterocycles. The van der Waals surface area contributed by atoms with Crippen LogP contribution in [-0.2, 0) is 6.18 Å². The number of nitrogens with one attached hydrogen (secondary N) is 1. The molecule has 3 N–H and O–H groups in total. The molecule has 32 heavy (non-hydrogen) atoms. The highest BCUT2D eigenvalue weighted by Crippen LogP contribution is 2.33. The summed E-state index contributed by atoms with van der Waals surface area (Å²) in [5.74, 6) is -0.972. The van der Waals surface area contributed by atoms with E-state index in [1.54, 1.807) is 6.92 Å². The van der Waals surface area contributed by atoms with E-state index in [0.717, 1.165) is 12.1 Å². The maximum Gasteiger partial charge on any atom is 0.416 e. The fourth-order valence-electron chi connectivity index (χ4n) is 3.25. The van der Waals surface area contributed by atoms with Crippen molar-refractivity contribution in [2.24, 2.45) is 0 Å². The third-order valence-electron chi connectivity index (χ3n) is 4.77. The molecule has 0 unspecified atom stereocenters. The van der Waals surface area contributed by atoms with E-state index in [-0.39, 0.29) is 49.0 Å². The Labute approximate surface area is 186 Å². The van der Waals surface area contributed by atoms with Crippen LogP contribution in [0.15, 0.2) is 42.9 Å². The van der Waals surface area contributed by atoms with Gasteiger partial charge in [0.05, 0.1) is 35.9 Å². The number of carbonyl (C=O) groups is 2. The van der Waals surface area contributed by atoms with Crippen molar-refractivity contribution in [3.63, 3.8) is 0 Å². The first-order chi connectivity index (χ1) is 14.6. The van der Waals surface area contributed by atoms with Crippen molar-refractivity contribution in [1.29, 1.82) is 0 Å². The first-order valence-electron chi connectivity index (χ1n) is 9.10. The van der Waals surface area contributed by atoms with Crippen LogP contribution >= 0.6 is 13.5 Å². The van der Waals surface area contributed by atoms with Gasteiger partial charge >= 0.3 is 6.18 Å². The number of anilines is 3. The highest BCUT2D eigenvalue weighted by molar-refractivity contribution is 7.59. The standard InChI is InChI=1S/C19H16F3N7O2.H2S/c1-10-9-28(12-4-2-11(3-5-12)19(20,21)22)18(31)16-13(7-26-29(10)16)27-17(30)14-6-25-15(23)8-24-14;/h2-8,10H,9H2,1H3,(H2,23,25)(H,27,30);1H2/t10-;/m0./s1. The summed E-state index contributed by atoms with van der Waals surface area (Å²) in [6.07, 6.45) is -0.719. The molecule has 0 aliphatic carbocycles. The number of nitrogen functional groups attached to an aromatic ring is 1. The van der Waals surface area contributed by atoms with Gasteiger partial charge in [-0.2, -0.15) is 31.8 Å². The number of carbonyl (C=O) groups excluding carboxylic acids is 2. The zero-order valence-electron chi connectivity index (χ0n) is 16.6. The van der Waals surface area contributed by atoms with Crippen molar-refractivity contribution in [2.75, 3.05) is 22.5 Å². The Morgan fingerprint density at radius 1 is 1.16 bits per heavy atom. The molecule has 0 saturated heterocycles. The minimum atomic E-state index is -4.47. The SMILES string of the molecule is C[C@H]1CN(c2ccc(C(F)(F)F)cc2)C(=O)c2c(NC(=O)c3cnc(N)cn3)cnn21.S. The Hall–Kier alpha value is -3.61. The molecule has 4 rings (SSSR count). The summed E-state index contributed by atoms with van der Waals surface area (Å²) in [7, 11) is 0. The van der Waals surface area contributed by atoms with E-state index < -0.39 is 23.6 Å². The van der Waals surface area contributed by atoms with Gasteiger partial charge < -0.3 is 16.0 Å². The third-order valence-corrected chi connectivity index (χ3v) is 4.77. The smallest absolute Gasteiger partial charge is 0.382 e. The van der Waals surface area contributed by atoms with Gasteiger partial charge in [-0.05, 0) is 31.2 Å². The van der Waals surface area contributed by atoms with E-state index in [4.69, 9.17) is 5.73 Å². The number of rotatable bonds is 3. The van der Waals surface area contributed by atoms with Gasteiger partial charge in [0.2, 0.25) is 0 Å². The number of halogens is 3. The summed E-state index contributed by atoms with van der Waals surface area (Å²) < 4.78 is 40.0. The Morgan fingerprint density at radius 2 is 1.84 bits per heavy atom. The predicted octanol–water partition coefficient (Wildman–Crippen LogP) is 2.86. The molecule has 0 radical (unpaired) electrons. The van der Waals surface area contributed by atoms with E-state index in [1.165, 1.54) is 40.3 Å². The lowest BCUT2D eigenvalue weighted by molar-refractivity contribution is -0.137. The normalized spacial score (nSPS) is 15.7. The molecular weight excluding hydrogens is 447 g/mol. The van der Waals surface area contributed by atoms with Crippen LogP contribution in [0.4, 0.5) is 30.4 Å². The van der Waals surface area contributed by atoms with Crippen LogP contribution in [0.2, 0.25) is 0 Å². The van der Waals surface area contributed by atoms with Gasteiger partial charge in [-0.1, -0.05) is 0 Å². The first-order valence-corrected chi connectivity index (χ1v) is 9.10. The van der Waals surface area contributed by atoms with Crippen molar-refractivity contribution in [3.8, 4) is 0 Å². The second-order valence-corrected chi connectivity index (χ2v) is 6.94. The lowest BCUT2D eigenvalue weighted by Gasteiger charge is -2.32. The molecule has 0 saturated carbocycles. The van der Waals surface area contributed by atoms with Crippen LogP contribution in [0.1, 0.15) is 39.5 Å². The van der Waals surface area contributed by atoms with Crippen LogP contribution in [0.3, 0.4) is 0 Å². The first kappa shape index (κ1) is 23.1. The summed E-state index contributed by atoms with van der Waals surface area (Å²) in [6.45, 7) is 2.01. The minimum absolute atomic E-state index is 0. The van der Waals surface area contributed by atoms with E-state index in [9.17, 15) is 22.8 Å². The lowest BCUT2D eigenvalue weighted by Crippen LogP contribution is -2.43. The second kappa shape index (κ2) is 8.49. The molecule has 0 fully saturated rings. The molecule has 13 heteroatoms. The molecular formula is C19H18F3N7O2S. The molecule has 1 aromatic carbocycles. The molecule has 1 aliphatic rings. The average Bonchev–Trinajstić information content (AvgIpc) is 3.15. The van der Waals surface area contributed by atoms with E-state index in [0.29, 0.717) is 5.69 Å². The van der Waals surface area contributed by atoms with Crippen LogP contribution < -0.4 is 16.0 Å². The van der Waals surface area contributed by atoms with Gasteiger partial charge in [0.25, 0.3) is 11.8 Å². The Morgan fingerprint density at radius 3 is 2.44 bits per heavy atom. The number of benzene rings is 1. The molecule has 0 bridgehead atoms. The average molecular weight is 465 g/mol. The lowest BCUT2D eigenvalue weighted by atomic mass is 10.1. The van der Waals surface area contributed by atoms with Gasteiger partial charge in [0, 0.05) is 12.2 Å². The maximum atomic E-state index is 13.1. The number of hydrogen-bond donors (Lipinski definition) is 2. The molecule has 9 nitrogen and oxygen atoms in total. The Bertz CT molecular complexity index is 1150. The van der Waals surface area contributed by atoms with Gasteiger partial charge in [-0.15, -0.1) is 0 Å². The Balaban J connectivity index is 0.00000289. The zero-order valence-corrected chi connectivity index (χ0v) is 17.6. The monoisotopic (exact) mass is 465 g/mol. The van der Waals surface area contributed by atoms with Crippen molar-refractivity contribution < 1.29 is 22.8 Å². The van der Waals surface area contributed by atoms with Crippen molar-refractivity contribution >= 4 is 42.5 Å². The molecule has 1 aliphatic heterocycles. The summed E-state index contributed by atoms with van der Waals surface area (Å²) in [4.78, 5) is 34.6. The maximum absolute atomic E-state index is 13.1. The predicted molar refractivity (Wildman–Crippen MR) is 115 cm³/mol. The summed E-state index contributed by atoms with van der Waals surface area (Å²) >= 11 is 0. The molecule has 168 valence electrons. The number of amides is 2. The molecule has 3 heterocycles. The molecule has 3 aromatic rings. The summed E-state index contributed by atoms with van der Waals surface area (Å²) in [5, 5.41) is 6.75. The highest BCUT2D eigenvalue weighted by atomic mass is 32.1. The van der Waals surface area contributed by atoms with Crippen molar-refractivity contribution in [3.05, 3.63) is 59.8 Å². The summed E-state index contributed by atoms with van der Waals surface area (Å²) in [6, 6.07) is 4.03. The number of aromatic nitrogens is 4. The van der Waals surface area contributed by atoms with Gasteiger partial charge in [-0.3, -0.25) is 14.3 Å². The van der Waals surface area contributed by atoms with Gasteiger partial charge in [0.1, 0.15) is 11.5 Å². The fraction of sp³-hybridized carbons (Fsp3) is 0.211. The fourth-order valence-corrected chi connectivity index (χ4v) is 3.25. The van der Waals surface area contributed by atoms with Crippen LogP contribution in [0.25, 0.3) is 0 Å². The van der Waals surface area contributed by atoms with Crippen molar-refractivity contribution in [1.82, 2.24) is 19.7 Å². The Kier molecular flexibility index (Phi) is 6.12. The quantitative estimate of drug-likeness (QED) is 0.614. The molecule has 2 amide bonds. The number of fused-ring (bicyclic) bond motifs is 1. The number of nitrogens with zero attached hydrogens (tertiary/aromatic N) is 5. The number of alkyl halides is 3. The minimum Gasteiger partial charge on any atom is -0.382 e. The van der Waals surface area contributed by atoms with Crippen LogP contribution in [0, 0.1) is 0 Å². The van der Waals surface area contributed by atoms with Crippen LogP contribution in [-0.4, -0.2) is 38.1 Å². The van der Waals surface area contributed by atoms with Crippen LogP contribution in [0.5, 0.6) is 0 Å². The molecule has 1 atom stereocenters. The van der Waals surface area contributed by atoms with E-state index in [2.05, 4.69) is 20.4 Å². The topological polar surface area (TPSA) is 119 Å². The van der Waals surface area contributed by atoms with E-state index in [1.807, 2.05) is 0 Å². The van der Waals surface area contributed by atoms with Crippen molar-refractivity contribution in [2.45, 2.75) is 19.1 Å². The van der Waals surface area contributed by atoms with E-state index >= 15 is 0 Å². The van der Waals surface area contributed by atoms with Gasteiger partial charge in [-0.25, -0.2) is 9.97 Å². The summed E-state index contributed by atoms with van der Waals surface area (Å²) in [5.41, 5.74) is 5.20. The second-order valence-electron chi connectivity index (χ2n) is 6.94. The third kappa shape index (κ3) is 4.23. The molecule has 0 spiro atoms. The largest absolute Gasteiger partial charge is 0.416 e. The zero-order chi connectivity index (χ0) is 22.3. The number of hydrogen-bond acceptors (Lipinski definition) is 6. The number of nitrogens with two attached hydrogens (primary N) is 1. The highest BCUT2D eigenvalue weighted by Gasteiger charge is 2.35.